The molecule has 3 aliphatic rings. The summed E-state index contributed by atoms with van der Waals surface area (Å²) in [5, 5.41) is 9.78. The highest BCUT2D eigenvalue weighted by atomic mass is 16.2. The smallest absolute Gasteiger partial charge is 0.254 e. The quantitative estimate of drug-likeness (QED) is 0.293. The summed E-state index contributed by atoms with van der Waals surface area (Å²) in [6.45, 7) is 5.32. The van der Waals surface area contributed by atoms with E-state index in [0.717, 1.165) is 46.0 Å². The van der Waals surface area contributed by atoms with Crippen molar-refractivity contribution in [3.63, 3.8) is 0 Å². The van der Waals surface area contributed by atoms with Gasteiger partial charge in [0.1, 0.15) is 0 Å². The van der Waals surface area contributed by atoms with E-state index in [2.05, 4.69) is 45.1 Å². The van der Waals surface area contributed by atoms with Crippen LogP contribution < -0.4 is 16.0 Å². The zero-order valence-corrected chi connectivity index (χ0v) is 24.2. The van der Waals surface area contributed by atoms with Crippen molar-refractivity contribution in [3.8, 4) is 0 Å². The van der Waals surface area contributed by atoms with Gasteiger partial charge in [-0.3, -0.25) is 14.5 Å². The Morgan fingerprint density at radius 1 is 0.881 bits per heavy atom. The lowest BCUT2D eigenvalue weighted by molar-refractivity contribution is -0.119. The minimum atomic E-state index is -0.183. The van der Waals surface area contributed by atoms with Crippen molar-refractivity contribution in [1.82, 2.24) is 15.5 Å². The summed E-state index contributed by atoms with van der Waals surface area (Å²) >= 11 is 0. The van der Waals surface area contributed by atoms with Crippen LogP contribution in [0.15, 0.2) is 108 Å². The Bertz CT molecular complexity index is 1550. The lowest BCUT2D eigenvalue weighted by Gasteiger charge is -2.26. The molecule has 1 atom stereocenters. The van der Waals surface area contributed by atoms with Crippen molar-refractivity contribution in [2.24, 2.45) is 5.92 Å². The molecule has 214 valence electrons. The van der Waals surface area contributed by atoms with Crippen LogP contribution in [0.4, 0.5) is 5.69 Å². The molecule has 1 aliphatic carbocycles. The Morgan fingerprint density at radius 3 is 2.38 bits per heavy atom. The molecule has 6 heteroatoms. The van der Waals surface area contributed by atoms with Gasteiger partial charge < -0.3 is 16.0 Å². The first kappa shape index (κ1) is 27.7. The maximum Gasteiger partial charge on any atom is 0.254 e. The molecule has 2 fully saturated rings. The summed E-state index contributed by atoms with van der Waals surface area (Å²) in [6, 6.07) is 26.5. The second-order valence-corrected chi connectivity index (χ2v) is 11.5. The van der Waals surface area contributed by atoms with E-state index in [-0.39, 0.29) is 17.7 Å². The molecule has 3 N–H and O–H groups in total. The fraction of sp³-hybridized carbons (Fsp3) is 0.278. The Balaban J connectivity index is 1.23. The van der Waals surface area contributed by atoms with Gasteiger partial charge in [0.2, 0.25) is 5.91 Å². The van der Waals surface area contributed by atoms with Crippen LogP contribution in [0.1, 0.15) is 47.9 Å². The number of nitrogens with one attached hydrogen (secondary N) is 3. The number of carbonyl (C=O) groups is 2. The molecule has 3 aromatic carbocycles. The van der Waals surface area contributed by atoms with Gasteiger partial charge in [-0.05, 0) is 79.4 Å². The number of aryl methyl sites for hydroxylation is 1. The molecule has 42 heavy (non-hydrogen) atoms. The number of benzene rings is 3. The average molecular weight is 559 g/mol. The van der Waals surface area contributed by atoms with E-state index >= 15 is 0 Å². The van der Waals surface area contributed by atoms with Crippen LogP contribution in [0.2, 0.25) is 0 Å². The fourth-order valence-electron chi connectivity index (χ4n) is 6.15. The standard InChI is InChI=1S/C36H38N4O2/c1-25-10-6-7-13-28(25)22-33(41)37-30-18-19-32-31(23-30)34(36(42)39-32)35(27-11-4-2-5-12-27)38-29-16-14-26(15-17-29)24-40-20-8-3-9-21-40/h2,4-7,10-19,31,38H,3,8-9,20-24H2,1H3,(H,37,41)(H,39,42). The maximum atomic E-state index is 13.5. The summed E-state index contributed by atoms with van der Waals surface area (Å²) in [4.78, 5) is 28.9. The molecule has 1 unspecified atom stereocenters. The predicted molar refractivity (Wildman–Crippen MR) is 168 cm³/mol. The third-order valence-electron chi connectivity index (χ3n) is 8.44. The van der Waals surface area contributed by atoms with Crippen molar-refractivity contribution in [1.29, 1.82) is 0 Å². The summed E-state index contributed by atoms with van der Waals surface area (Å²) in [7, 11) is 0. The number of nitrogens with zero attached hydrogens (tertiary/aromatic N) is 1. The second kappa shape index (κ2) is 12.6. The van der Waals surface area contributed by atoms with Crippen molar-refractivity contribution in [2.45, 2.75) is 45.6 Å². The summed E-state index contributed by atoms with van der Waals surface area (Å²) in [5.74, 6) is -0.348. The van der Waals surface area contributed by atoms with Gasteiger partial charge in [0.05, 0.1) is 17.7 Å². The number of carbonyl (C=O) groups excluding carboxylic acids is 2. The Kier molecular flexibility index (Phi) is 8.33. The fourth-order valence-corrected chi connectivity index (χ4v) is 6.15. The van der Waals surface area contributed by atoms with E-state index in [1.54, 1.807) is 0 Å². The second-order valence-electron chi connectivity index (χ2n) is 11.5. The van der Waals surface area contributed by atoms with Crippen molar-refractivity contribution >= 4 is 23.2 Å². The number of hydrogen-bond donors (Lipinski definition) is 3. The largest absolute Gasteiger partial charge is 0.355 e. The number of rotatable bonds is 8. The molecule has 0 radical (unpaired) electrons. The van der Waals surface area contributed by atoms with Gasteiger partial charge in [0.15, 0.2) is 0 Å². The topological polar surface area (TPSA) is 73.5 Å². The highest BCUT2D eigenvalue weighted by Crippen LogP contribution is 2.39. The average Bonchev–Trinajstić information content (AvgIpc) is 3.33. The number of fused-ring (bicyclic) bond motifs is 1. The van der Waals surface area contributed by atoms with E-state index in [0.29, 0.717) is 18.4 Å². The molecule has 6 nitrogen and oxygen atoms in total. The number of likely N-dealkylation sites (tertiary alicyclic amines) is 1. The first-order chi connectivity index (χ1) is 20.5. The lowest BCUT2D eigenvalue weighted by atomic mass is 9.87. The van der Waals surface area contributed by atoms with Gasteiger partial charge in [-0.15, -0.1) is 0 Å². The predicted octanol–water partition coefficient (Wildman–Crippen LogP) is 6.08. The van der Waals surface area contributed by atoms with E-state index in [4.69, 9.17) is 0 Å². The molecule has 0 saturated carbocycles. The number of amides is 2. The zero-order chi connectivity index (χ0) is 28.9. The highest BCUT2D eigenvalue weighted by molar-refractivity contribution is 6.07. The molecular formula is C36H38N4O2. The van der Waals surface area contributed by atoms with Crippen LogP contribution in [0.5, 0.6) is 0 Å². The first-order valence-electron chi connectivity index (χ1n) is 15.0. The van der Waals surface area contributed by atoms with Gasteiger partial charge in [0.25, 0.3) is 5.91 Å². The lowest BCUT2D eigenvalue weighted by Crippen LogP contribution is -2.29. The number of hydrogen-bond acceptors (Lipinski definition) is 4. The summed E-state index contributed by atoms with van der Waals surface area (Å²) in [5.41, 5.74) is 8.43. The molecule has 2 heterocycles. The first-order valence-corrected chi connectivity index (χ1v) is 15.0. The third-order valence-corrected chi connectivity index (χ3v) is 8.44. The monoisotopic (exact) mass is 558 g/mol. The van der Waals surface area contributed by atoms with Crippen LogP contribution in [0.3, 0.4) is 0 Å². The SMILES string of the molecule is Cc1ccccc1CC(=O)NC1=CC=C2NC(=O)C(=C(Nc3ccc(CN4CCCCC4)cc3)c3ccccc3)C2C1. The molecule has 0 spiro atoms. The van der Waals surface area contributed by atoms with Gasteiger partial charge >= 0.3 is 0 Å². The Hall–Kier alpha value is -4.42. The van der Waals surface area contributed by atoms with Crippen LogP contribution in [-0.2, 0) is 22.6 Å². The van der Waals surface area contributed by atoms with Crippen LogP contribution >= 0.6 is 0 Å². The molecule has 2 aliphatic heterocycles. The molecule has 2 amide bonds. The van der Waals surface area contributed by atoms with Crippen molar-refractivity contribution in [2.75, 3.05) is 18.4 Å². The molecule has 0 bridgehead atoms. The summed E-state index contributed by atoms with van der Waals surface area (Å²) < 4.78 is 0. The van der Waals surface area contributed by atoms with Gasteiger partial charge in [0, 0.05) is 36.0 Å². The Morgan fingerprint density at radius 2 is 1.62 bits per heavy atom. The molecule has 3 aromatic rings. The van der Waals surface area contributed by atoms with E-state index in [9.17, 15) is 9.59 Å². The van der Waals surface area contributed by atoms with Crippen LogP contribution in [0.25, 0.3) is 5.70 Å². The Labute approximate surface area is 248 Å². The zero-order valence-electron chi connectivity index (χ0n) is 24.2. The maximum absolute atomic E-state index is 13.5. The molecular weight excluding hydrogens is 520 g/mol. The van der Waals surface area contributed by atoms with Crippen LogP contribution in [0, 0.1) is 12.8 Å². The third kappa shape index (κ3) is 6.39. The van der Waals surface area contributed by atoms with Gasteiger partial charge in [-0.1, -0.05) is 73.2 Å². The normalized spacial score (nSPS) is 19.7. The summed E-state index contributed by atoms with van der Waals surface area (Å²) in [6.07, 6.45) is 8.56. The minimum Gasteiger partial charge on any atom is -0.355 e. The number of allylic oxidation sites excluding steroid dienone is 4. The van der Waals surface area contributed by atoms with Crippen molar-refractivity contribution < 1.29 is 9.59 Å². The number of piperidine rings is 1. The highest BCUT2D eigenvalue weighted by Gasteiger charge is 2.38. The minimum absolute atomic E-state index is 0.0544. The van der Waals surface area contributed by atoms with Gasteiger partial charge in [-0.25, -0.2) is 0 Å². The van der Waals surface area contributed by atoms with Gasteiger partial charge in [-0.2, -0.15) is 0 Å². The molecule has 2 saturated heterocycles. The van der Waals surface area contributed by atoms with Crippen molar-refractivity contribution in [3.05, 3.63) is 130 Å². The molecule has 6 rings (SSSR count). The van der Waals surface area contributed by atoms with E-state index in [1.807, 2.05) is 73.7 Å². The number of anilines is 1. The molecule has 0 aromatic heterocycles. The van der Waals surface area contributed by atoms with Crippen LogP contribution in [-0.4, -0.2) is 29.8 Å². The van der Waals surface area contributed by atoms with E-state index < -0.39 is 0 Å². The van der Waals surface area contributed by atoms with E-state index in [1.165, 1.54) is 37.9 Å².